The molecule has 5 nitrogen and oxygen atoms in total. The van der Waals surface area contributed by atoms with Gasteiger partial charge in [0.25, 0.3) is 0 Å². The number of benzene rings is 2. The predicted octanol–water partition coefficient (Wildman–Crippen LogP) is 3.77. The Morgan fingerprint density at radius 3 is 2.78 bits per heavy atom. The zero-order chi connectivity index (χ0) is 18.8. The first-order valence-corrected chi connectivity index (χ1v) is 9.47. The minimum Gasteiger partial charge on any atom is -0.465 e. The molecular formula is C22H25N3O2. The summed E-state index contributed by atoms with van der Waals surface area (Å²) in [4.78, 5) is 10.7. The number of hydrogen-bond acceptors (Lipinski definition) is 2. The summed E-state index contributed by atoms with van der Waals surface area (Å²) in [5, 5.41) is 16.3. The zero-order valence-corrected chi connectivity index (χ0v) is 15.5. The van der Waals surface area contributed by atoms with Crippen LogP contribution >= 0.6 is 0 Å². The minimum atomic E-state index is -0.990. The van der Waals surface area contributed by atoms with E-state index in [0.717, 1.165) is 31.4 Å². The number of aromatic nitrogens is 1. The lowest BCUT2D eigenvalue weighted by molar-refractivity contribution is 0.194. The van der Waals surface area contributed by atoms with Crippen LogP contribution in [0.4, 0.5) is 4.79 Å². The summed E-state index contributed by atoms with van der Waals surface area (Å²) in [6, 6.07) is 17.2. The summed E-state index contributed by atoms with van der Waals surface area (Å²) < 4.78 is 2.30. The Labute approximate surface area is 159 Å². The Kier molecular flexibility index (Phi) is 4.86. The molecule has 1 aromatic heterocycles. The highest BCUT2D eigenvalue weighted by molar-refractivity contribution is 5.87. The number of nitrogens with one attached hydrogen (secondary N) is 2. The molecule has 3 aromatic rings. The van der Waals surface area contributed by atoms with Gasteiger partial charge in [0.05, 0.1) is 0 Å². The Balaban J connectivity index is 1.52. The van der Waals surface area contributed by atoms with E-state index in [2.05, 4.69) is 64.7 Å². The van der Waals surface area contributed by atoms with E-state index >= 15 is 0 Å². The Morgan fingerprint density at radius 2 is 2.00 bits per heavy atom. The van der Waals surface area contributed by atoms with E-state index in [4.69, 9.17) is 5.11 Å². The number of fused-ring (bicyclic) bond motifs is 3. The average Bonchev–Trinajstić information content (AvgIpc) is 3.21. The highest BCUT2D eigenvalue weighted by Crippen LogP contribution is 2.38. The predicted molar refractivity (Wildman–Crippen MR) is 107 cm³/mol. The van der Waals surface area contributed by atoms with Gasteiger partial charge in [0.15, 0.2) is 0 Å². The Morgan fingerprint density at radius 1 is 1.19 bits per heavy atom. The molecule has 1 atom stereocenters. The molecule has 4 rings (SSSR count). The second-order valence-corrected chi connectivity index (χ2v) is 7.21. The molecule has 1 heterocycles. The van der Waals surface area contributed by atoms with Crippen LogP contribution in [0, 0.1) is 0 Å². The van der Waals surface area contributed by atoms with Crippen LogP contribution in [0.1, 0.15) is 34.8 Å². The van der Waals surface area contributed by atoms with Crippen molar-refractivity contribution in [2.45, 2.75) is 31.8 Å². The molecule has 5 heteroatoms. The summed E-state index contributed by atoms with van der Waals surface area (Å²) in [7, 11) is 2.13. The molecule has 140 valence electrons. The van der Waals surface area contributed by atoms with Gasteiger partial charge in [-0.15, -0.1) is 0 Å². The molecule has 0 spiro atoms. The van der Waals surface area contributed by atoms with E-state index in [1.165, 1.54) is 27.7 Å². The van der Waals surface area contributed by atoms with E-state index in [9.17, 15) is 4.79 Å². The fourth-order valence-corrected chi connectivity index (χ4v) is 4.24. The van der Waals surface area contributed by atoms with Gasteiger partial charge in [-0.1, -0.05) is 36.4 Å². The standard InChI is InChI=1S/C22H25N3O2/c1-25-20-10-7-16(14-24-22(26)27)13-18(20)17-8-9-19(21(17)25)23-12-11-15-5-3-2-4-6-15/h2-7,10,13,19,23-24H,8-9,11-12,14H2,1H3,(H,26,27). The summed E-state index contributed by atoms with van der Waals surface area (Å²) >= 11 is 0. The molecule has 1 amide bonds. The van der Waals surface area contributed by atoms with Gasteiger partial charge >= 0.3 is 6.09 Å². The lowest BCUT2D eigenvalue weighted by Gasteiger charge is -2.15. The normalized spacial score (nSPS) is 15.8. The smallest absolute Gasteiger partial charge is 0.404 e. The Hall–Kier alpha value is -2.79. The summed E-state index contributed by atoms with van der Waals surface area (Å²) in [5.41, 5.74) is 6.35. The maximum atomic E-state index is 10.7. The monoisotopic (exact) mass is 363 g/mol. The van der Waals surface area contributed by atoms with Crippen LogP contribution in [0.2, 0.25) is 0 Å². The molecule has 2 aromatic carbocycles. The van der Waals surface area contributed by atoms with Crippen molar-refractivity contribution in [3.63, 3.8) is 0 Å². The van der Waals surface area contributed by atoms with Gasteiger partial charge in [0.1, 0.15) is 0 Å². The number of rotatable bonds is 6. The SMILES string of the molecule is Cn1c2c(c3cc(CNC(=O)O)ccc31)CCC2NCCc1ccccc1. The second kappa shape index (κ2) is 7.45. The largest absolute Gasteiger partial charge is 0.465 e. The van der Waals surface area contributed by atoms with Crippen LogP contribution in [-0.2, 0) is 26.4 Å². The van der Waals surface area contributed by atoms with Crippen molar-refractivity contribution < 1.29 is 9.90 Å². The van der Waals surface area contributed by atoms with E-state index < -0.39 is 6.09 Å². The van der Waals surface area contributed by atoms with Crippen LogP contribution in [0.15, 0.2) is 48.5 Å². The average molecular weight is 363 g/mol. The van der Waals surface area contributed by atoms with E-state index in [1.807, 2.05) is 6.07 Å². The Bertz CT molecular complexity index is 963. The minimum absolute atomic E-state index is 0.341. The van der Waals surface area contributed by atoms with Crippen molar-refractivity contribution in [2.24, 2.45) is 7.05 Å². The number of carbonyl (C=O) groups is 1. The summed E-state index contributed by atoms with van der Waals surface area (Å²) in [5.74, 6) is 0. The highest BCUT2D eigenvalue weighted by atomic mass is 16.4. The first-order valence-electron chi connectivity index (χ1n) is 9.47. The molecule has 0 radical (unpaired) electrons. The van der Waals surface area contributed by atoms with Crippen LogP contribution in [0.3, 0.4) is 0 Å². The number of nitrogens with zero attached hydrogens (tertiary/aromatic N) is 1. The van der Waals surface area contributed by atoms with Gasteiger partial charge in [0.2, 0.25) is 0 Å². The third-order valence-corrected chi connectivity index (χ3v) is 5.52. The number of amides is 1. The van der Waals surface area contributed by atoms with Gasteiger partial charge in [-0.05, 0) is 54.6 Å². The first kappa shape index (κ1) is 17.6. The molecule has 0 saturated carbocycles. The van der Waals surface area contributed by atoms with Gasteiger partial charge in [-0.25, -0.2) is 4.79 Å². The second-order valence-electron chi connectivity index (χ2n) is 7.21. The molecule has 3 N–H and O–H groups in total. The fourth-order valence-electron chi connectivity index (χ4n) is 4.24. The van der Waals surface area contributed by atoms with Crippen LogP contribution in [0.25, 0.3) is 10.9 Å². The van der Waals surface area contributed by atoms with E-state index in [1.54, 1.807) is 0 Å². The third-order valence-electron chi connectivity index (χ3n) is 5.52. The zero-order valence-electron chi connectivity index (χ0n) is 15.5. The van der Waals surface area contributed by atoms with Crippen molar-refractivity contribution in [1.29, 1.82) is 0 Å². The number of aryl methyl sites for hydroxylation is 2. The van der Waals surface area contributed by atoms with Crippen molar-refractivity contribution >= 4 is 17.0 Å². The third kappa shape index (κ3) is 3.55. The molecule has 1 unspecified atom stereocenters. The van der Waals surface area contributed by atoms with Gasteiger partial charge < -0.3 is 20.3 Å². The van der Waals surface area contributed by atoms with Crippen LogP contribution < -0.4 is 10.6 Å². The molecular weight excluding hydrogens is 338 g/mol. The van der Waals surface area contributed by atoms with E-state index in [0.29, 0.717) is 12.6 Å². The molecule has 0 aliphatic heterocycles. The molecule has 0 fully saturated rings. The fraction of sp³-hybridized carbons (Fsp3) is 0.318. The maximum Gasteiger partial charge on any atom is 0.404 e. The van der Waals surface area contributed by atoms with Crippen molar-refractivity contribution in [3.05, 3.63) is 70.9 Å². The lowest BCUT2D eigenvalue weighted by atomic mass is 10.1. The summed E-state index contributed by atoms with van der Waals surface area (Å²) in [6.07, 6.45) is 2.21. The summed E-state index contributed by atoms with van der Waals surface area (Å²) in [6.45, 7) is 1.30. The van der Waals surface area contributed by atoms with E-state index in [-0.39, 0.29) is 0 Å². The lowest BCUT2D eigenvalue weighted by Crippen LogP contribution is -2.23. The molecule has 27 heavy (non-hydrogen) atoms. The van der Waals surface area contributed by atoms with Crippen molar-refractivity contribution in [2.75, 3.05) is 6.54 Å². The van der Waals surface area contributed by atoms with Crippen molar-refractivity contribution in [1.82, 2.24) is 15.2 Å². The van der Waals surface area contributed by atoms with Crippen molar-refractivity contribution in [3.8, 4) is 0 Å². The molecule has 0 bridgehead atoms. The van der Waals surface area contributed by atoms with Gasteiger partial charge in [-0.2, -0.15) is 0 Å². The highest BCUT2D eigenvalue weighted by Gasteiger charge is 2.28. The van der Waals surface area contributed by atoms with Gasteiger partial charge in [-0.3, -0.25) is 0 Å². The quantitative estimate of drug-likeness (QED) is 0.625. The first-order chi connectivity index (χ1) is 13.1. The number of carboxylic acid groups (broad SMARTS) is 1. The van der Waals surface area contributed by atoms with Crippen LogP contribution in [0.5, 0.6) is 0 Å². The van der Waals surface area contributed by atoms with Crippen LogP contribution in [-0.4, -0.2) is 22.3 Å². The maximum absolute atomic E-state index is 10.7. The van der Waals surface area contributed by atoms with Gasteiger partial charge in [0, 0.05) is 36.2 Å². The topological polar surface area (TPSA) is 66.3 Å². The number of hydrogen-bond donors (Lipinski definition) is 3. The molecule has 1 aliphatic rings. The molecule has 0 saturated heterocycles. The molecule has 1 aliphatic carbocycles.